The number of rotatable bonds is 8. The molecule has 1 fully saturated rings. The van der Waals surface area contributed by atoms with Crippen LogP contribution in [0.5, 0.6) is 0 Å². The Morgan fingerprint density at radius 2 is 0.812 bits per heavy atom. The number of ether oxygens (including phenoxy) is 1. The summed E-state index contributed by atoms with van der Waals surface area (Å²) in [5.41, 5.74) is -9.15. The summed E-state index contributed by atoms with van der Waals surface area (Å²) in [5.74, 6) is -49.6. The van der Waals surface area contributed by atoms with Gasteiger partial charge in [0.05, 0.1) is 12.7 Å². The molecule has 2 unspecified atom stereocenters. The average molecular weight is 526 g/mol. The minimum atomic E-state index is -9.15. The molecule has 0 bridgehead atoms. The highest BCUT2D eigenvalue weighted by Gasteiger charge is 2.99. The molecule has 1 rings (SSSR count). The van der Waals surface area contributed by atoms with Gasteiger partial charge in [-0.3, -0.25) is 0 Å². The second-order valence-corrected chi connectivity index (χ2v) is 6.39. The quantitative estimate of drug-likeness (QED) is 0.263. The van der Waals surface area contributed by atoms with Crippen LogP contribution in [0.15, 0.2) is 0 Å². The Morgan fingerprint density at radius 1 is 0.469 bits per heavy atom. The third kappa shape index (κ3) is 3.54. The molecule has 0 aromatic heterocycles. The largest absolute Gasteiger partial charge is 0.460 e. The molecule has 0 aromatic carbocycles. The SMILES string of the molecule is FC(F)(F)C(F)(F)C(F)(F)C(F)(C(F)(F)F)C(F)(F)C(F)(F)C(F)(F)C(F)(F)CC1CO1. The van der Waals surface area contributed by atoms with Crippen LogP contribution in [0.1, 0.15) is 6.42 Å². The van der Waals surface area contributed by atoms with Gasteiger partial charge in [-0.1, -0.05) is 0 Å². The van der Waals surface area contributed by atoms with Gasteiger partial charge in [-0.2, -0.15) is 79.0 Å². The van der Waals surface area contributed by atoms with Gasteiger partial charge >= 0.3 is 53.6 Å². The number of halogens is 19. The number of alkyl halides is 19. The van der Waals surface area contributed by atoms with E-state index in [2.05, 4.69) is 4.74 Å². The van der Waals surface area contributed by atoms with Gasteiger partial charge in [0.15, 0.2) is 0 Å². The maximum atomic E-state index is 13.9. The van der Waals surface area contributed by atoms with E-state index in [1.54, 1.807) is 0 Å². The summed E-state index contributed by atoms with van der Waals surface area (Å²) in [6, 6.07) is 0. The van der Waals surface area contributed by atoms with E-state index in [0.29, 0.717) is 0 Å². The lowest BCUT2D eigenvalue weighted by atomic mass is 9.79. The first-order valence-corrected chi connectivity index (χ1v) is 7.29. The van der Waals surface area contributed by atoms with Crippen LogP contribution in [0, 0.1) is 0 Å². The summed E-state index contributed by atoms with van der Waals surface area (Å²) < 4.78 is 252. The minimum absolute atomic E-state index is 0.904. The average Bonchev–Trinajstić information content (AvgIpc) is 3.33. The van der Waals surface area contributed by atoms with Crippen LogP contribution in [0.3, 0.4) is 0 Å². The fraction of sp³-hybridized carbons (Fsp3) is 1.00. The molecule has 20 heteroatoms. The van der Waals surface area contributed by atoms with Crippen LogP contribution < -0.4 is 0 Å². The molecule has 1 aliphatic heterocycles. The lowest BCUT2D eigenvalue weighted by molar-refractivity contribution is -0.475. The fourth-order valence-electron chi connectivity index (χ4n) is 2.19. The highest BCUT2D eigenvalue weighted by Crippen LogP contribution is 2.67. The van der Waals surface area contributed by atoms with Gasteiger partial charge in [0.2, 0.25) is 0 Å². The molecule has 0 amide bonds. The van der Waals surface area contributed by atoms with E-state index in [1.165, 1.54) is 0 Å². The summed E-state index contributed by atoms with van der Waals surface area (Å²) in [6.45, 7) is -0.904. The Labute approximate surface area is 162 Å². The van der Waals surface area contributed by atoms with E-state index >= 15 is 0 Å². The summed E-state index contributed by atoms with van der Waals surface area (Å²) in [5, 5.41) is 0. The zero-order valence-corrected chi connectivity index (χ0v) is 14.1. The highest BCUT2D eigenvalue weighted by molar-refractivity contribution is 5.21. The van der Waals surface area contributed by atoms with Crippen molar-refractivity contribution in [2.45, 2.75) is 66.1 Å². The van der Waals surface area contributed by atoms with Gasteiger partial charge in [-0.15, -0.1) is 0 Å². The van der Waals surface area contributed by atoms with Gasteiger partial charge in [0.25, 0.3) is 0 Å². The van der Waals surface area contributed by atoms with Crippen LogP contribution in [-0.4, -0.2) is 66.3 Å². The summed E-state index contributed by atoms with van der Waals surface area (Å²) >= 11 is 0. The van der Waals surface area contributed by atoms with E-state index in [0.717, 1.165) is 0 Å². The second-order valence-electron chi connectivity index (χ2n) is 6.39. The fourth-order valence-corrected chi connectivity index (χ4v) is 2.19. The van der Waals surface area contributed by atoms with Crippen LogP contribution >= 0.6 is 0 Å². The molecule has 0 aliphatic carbocycles. The molecule has 0 radical (unpaired) electrons. The zero-order valence-electron chi connectivity index (χ0n) is 14.1. The van der Waals surface area contributed by atoms with Crippen molar-refractivity contribution in [3.05, 3.63) is 0 Å². The number of hydrogen-bond acceptors (Lipinski definition) is 1. The predicted octanol–water partition coefficient (Wildman–Crippen LogP) is 6.42. The van der Waals surface area contributed by atoms with Gasteiger partial charge < -0.3 is 4.74 Å². The van der Waals surface area contributed by atoms with E-state index in [9.17, 15) is 83.4 Å². The zero-order chi connectivity index (χ0) is 26.2. The molecule has 1 nitrogen and oxygen atoms in total. The van der Waals surface area contributed by atoms with Crippen LogP contribution in [0.2, 0.25) is 0 Å². The summed E-state index contributed by atoms with van der Waals surface area (Å²) in [6.07, 6.45) is -21.4. The Morgan fingerprint density at radius 3 is 1.09 bits per heavy atom. The van der Waals surface area contributed by atoms with Gasteiger partial charge in [0.1, 0.15) is 0 Å². The first-order chi connectivity index (χ1) is 13.6. The molecule has 0 saturated carbocycles. The monoisotopic (exact) mass is 526 g/mol. The Hall–Kier alpha value is -1.37. The summed E-state index contributed by atoms with van der Waals surface area (Å²) in [4.78, 5) is 0. The van der Waals surface area contributed by atoms with Crippen molar-refractivity contribution in [3.63, 3.8) is 0 Å². The van der Waals surface area contributed by atoms with Crippen LogP contribution in [0.4, 0.5) is 83.4 Å². The lowest BCUT2D eigenvalue weighted by Gasteiger charge is -2.46. The first-order valence-electron chi connectivity index (χ1n) is 7.29. The van der Waals surface area contributed by atoms with Gasteiger partial charge in [0, 0.05) is 6.42 Å². The van der Waals surface area contributed by atoms with Gasteiger partial charge in [-0.25, -0.2) is 4.39 Å². The highest BCUT2D eigenvalue weighted by atomic mass is 19.4. The minimum Gasteiger partial charge on any atom is -0.373 e. The molecule has 1 heterocycles. The molecule has 32 heavy (non-hydrogen) atoms. The van der Waals surface area contributed by atoms with Crippen molar-refractivity contribution < 1.29 is 88.2 Å². The Balaban J connectivity index is 3.84. The maximum absolute atomic E-state index is 13.9. The molecular weight excluding hydrogens is 521 g/mol. The van der Waals surface area contributed by atoms with Crippen molar-refractivity contribution in [3.8, 4) is 0 Å². The third-order valence-electron chi connectivity index (χ3n) is 4.14. The van der Waals surface area contributed by atoms with Crippen molar-refractivity contribution in [1.29, 1.82) is 0 Å². The topological polar surface area (TPSA) is 12.5 Å². The van der Waals surface area contributed by atoms with E-state index in [-0.39, 0.29) is 0 Å². The molecule has 2 atom stereocenters. The molecule has 0 N–H and O–H groups in total. The molecule has 1 saturated heterocycles. The van der Waals surface area contributed by atoms with Crippen LogP contribution in [-0.2, 0) is 4.74 Å². The number of epoxide rings is 1. The maximum Gasteiger partial charge on any atom is 0.460 e. The standard InChI is InChI=1S/C12H5F19O/c13-4(14,1-3-2-32-3)6(16,17)9(22,23)7(18,19)5(15,11(26,27)28)8(20,21)10(24,25)12(29,30)31/h3H,1-2H2. The van der Waals surface area contributed by atoms with E-state index < -0.39 is 72.7 Å². The lowest BCUT2D eigenvalue weighted by Crippen LogP contribution is -2.79. The molecule has 0 aromatic rings. The normalized spacial score (nSPS) is 22.0. The van der Waals surface area contributed by atoms with Crippen molar-refractivity contribution in [1.82, 2.24) is 0 Å². The molecular formula is C12H5F19O. The molecule has 0 spiro atoms. The molecule has 1 aliphatic rings. The smallest absolute Gasteiger partial charge is 0.373 e. The van der Waals surface area contributed by atoms with Crippen molar-refractivity contribution in [2.75, 3.05) is 6.61 Å². The van der Waals surface area contributed by atoms with E-state index in [4.69, 9.17) is 0 Å². The summed E-state index contributed by atoms with van der Waals surface area (Å²) in [7, 11) is 0. The Bertz CT molecular complexity index is 698. The third-order valence-corrected chi connectivity index (χ3v) is 4.14. The van der Waals surface area contributed by atoms with Crippen molar-refractivity contribution >= 4 is 0 Å². The number of hydrogen-bond donors (Lipinski definition) is 0. The first kappa shape index (κ1) is 28.7. The Kier molecular flexibility index (Phi) is 6.33. The van der Waals surface area contributed by atoms with Crippen LogP contribution in [0.25, 0.3) is 0 Å². The van der Waals surface area contributed by atoms with Gasteiger partial charge in [-0.05, 0) is 0 Å². The predicted molar refractivity (Wildman–Crippen MR) is 60.0 cm³/mol. The molecule has 192 valence electrons. The van der Waals surface area contributed by atoms with E-state index in [1.807, 2.05) is 0 Å². The van der Waals surface area contributed by atoms with Crippen molar-refractivity contribution in [2.24, 2.45) is 0 Å². The second kappa shape index (κ2) is 7.07.